The van der Waals surface area contributed by atoms with Crippen molar-refractivity contribution in [2.45, 2.75) is 64.6 Å². The molecule has 0 spiro atoms. The van der Waals surface area contributed by atoms with Gasteiger partial charge in [0.05, 0.1) is 18.8 Å². The molecule has 3 heteroatoms. The molecule has 1 rings (SSSR count). The molecule has 0 aromatic rings. The van der Waals surface area contributed by atoms with Gasteiger partial charge in [-0.05, 0) is 13.0 Å². The summed E-state index contributed by atoms with van der Waals surface area (Å²) in [7, 11) is 0. The summed E-state index contributed by atoms with van der Waals surface area (Å²) in [6.07, 6.45) is 6.93. The maximum Gasteiger partial charge on any atom is 0.0960 e. The van der Waals surface area contributed by atoms with Gasteiger partial charge in [-0.3, -0.25) is 4.90 Å². The summed E-state index contributed by atoms with van der Waals surface area (Å²) in [6.45, 7) is 8.13. The number of unbranched alkanes of at least 4 members (excludes halogenated alkanes) is 4. The van der Waals surface area contributed by atoms with Crippen molar-refractivity contribution in [2.24, 2.45) is 0 Å². The average Bonchev–Trinajstić information content (AvgIpc) is 2.38. The molecule has 0 aromatic heterocycles. The molecule has 0 radical (unpaired) electrons. The van der Waals surface area contributed by atoms with E-state index in [0.29, 0.717) is 0 Å². The van der Waals surface area contributed by atoms with E-state index < -0.39 is 0 Å². The summed E-state index contributed by atoms with van der Waals surface area (Å²) in [5.74, 6) is 0. The Labute approximate surface area is 106 Å². The van der Waals surface area contributed by atoms with E-state index in [-0.39, 0.29) is 12.2 Å². The van der Waals surface area contributed by atoms with Crippen LogP contribution in [0, 0.1) is 0 Å². The average molecular weight is 243 g/mol. The highest BCUT2D eigenvalue weighted by molar-refractivity contribution is 4.77. The van der Waals surface area contributed by atoms with Crippen LogP contribution in [0.3, 0.4) is 0 Å². The normalized spacial score (nSPS) is 23.8. The first-order valence-corrected chi connectivity index (χ1v) is 7.30. The van der Waals surface area contributed by atoms with Gasteiger partial charge in [0.1, 0.15) is 0 Å². The van der Waals surface area contributed by atoms with E-state index in [2.05, 4.69) is 18.7 Å². The van der Waals surface area contributed by atoms with E-state index in [1.165, 1.54) is 25.7 Å². The van der Waals surface area contributed by atoms with Gasteiger partial charge in [0, 0.05) is 13.1 Å². The van der Waals surface area contributed by atoms with Gasteiger partial charge in [0.25, 0.3) is 0 Å². The van der Waals surface area contributed by atoms with Gasteiger partial charge in [-0.25, -0.2) is 0 Å². The molecule has 2 unspecified atom stereocenters. The third-order valence-electron chi connectivity index (χ3n) is 3.66. The summed E-state index contributed by atoms with van der Waals surface area (Å²) in [6, 6.07) is 0. The van der Waals surface area contributed by atoms with E-state index in [1.807, 2.05) is 0 Å². The Balaban J connectivity index is 2.11. The van der Waals surface area contributed by atoms with Crippen LogP contribution >= 0.6 is 0 Å². The monoisotopic (exact) mass is 243 g/mol. The van der Waals surface area contributed by atoms with Crippen LogP contribution in [0.15, 0.2) is 0 Å². The van der Waals surface area contributed by atoms with Gasteiger partial charge in [-0.15, -0.1) is 0 Å². The Morgan fingerprint density at radius 1 is 1.24 bits per heavy atom. The van der Waals surface area contributed by atoms with Crippen molar-refractivity contribution in [2.75, 3.05) is 26.2 Å². The van der Waals surface area contributed by atoms with Crippen molar-refractivity contribution in [3.8, 4) is 0 Å². The smallest absolute Gasteiger partial charge is 0.0960 e. The molecule has 1 saturated heterocycles. The van der Waals surface area contributed by atoms with Crippen LogP contribution in [0.2, 0.25) is 0 Å². The van der Waals surface area contributed by atoms with Crippen LogP contribution in [0.25, 0.3) is 0 Å². The molecule has 3 nitrogen and oxygen atoms in total. The molecule has 2 atom stereocenters. The molecule has 0 saturated carbocycles. The molecule has 0 amide bonds. The molecule has 1 fully saturated rings. The van der Waals surface area contributed by atoms with E-state index >= 15 is 0 Å². The molecule has 1 aliphatic heterocycles. The SMILES string of the molecule is CCCCCCCC(O)C1CN(CC)CCO1. The lowest BCUT2D eigenvalue weighted by Gasteiger charge is -2.34. The molecular weight excluding hydrogens is 214 g/mol. The van der Waals surface area contributed by atoms with Crippen LogP contribution in [0.4, 0.5) is 0 Å². The molecular formula is C14H29NO2. The Bertz CT molecular complexity index is 187. The number of nitrogens with zero attached hydrogens (tertiary/aromatic N) is 1. The van der Waals surface area contributed by atoms with Crippen molar-refractivity contribution < 1.29 is 9.84 Å². The third kappa shape index (κ3) is 5.84. The van der Waals surface area contributed by atoms with Crippen molar-refractivity contribution >= 4 is 0 Å². The molecule has 1 aliphatic rings. The van der Waals surface area contributed by atoms with Crippen LogP contribution in [-0.4, -0.2) is 48.5 Å². The maximum atomic E-state index is 10.1. The number of rotatable bonds is 8. The highest BCUT2D eigenvalue weighted by Gasteiger charge is 2.25. The van der Waals surface area contributed by atoms with E-state index in [1.54, 1.807) is 0 Å². The first kappa shape index (κ1) is 14.9. The second-order valence-corrected chi connectivity index (χ2v) is 5.07. The van der Waals surface area contributed by atoms with E-state index in [9.17, 15) is 5.11 Å². The topological polar surface area (TPSA) is 32.7 Å². The van der Waals surface area contributed by atoms with Gasteiger partial charge in [0.2, 0.25) is 0 Å². The highest BCUT2D eigenvalue weighted by atomic mass is 16.5. The van der Waals surface area contributed by atoms with E-state index in [4.69, 9.17) is 4.74 Å². The van der Waals surface area contributed by atoms with Crippen molar-refractivity contribution in [3.63, 3.8) is 0 Å². The molecule has 102 valence electrons. The Kier molecular flexibility index (Phi) is 7.82. The number of hydrogen-bond acceptors (Lipinski definition) is 3. The zero-order valence-corrected chi connectivity index (χ0v) is 11.5. The largest absolute Gasteiger partial charge is 0.390 e. The second kappa shape index (κ2) is 8.90. The summed E-state index contributed by atoms with van der Waals surface area (Å²) in [4.78, 5) is 2.36. The Morgan fingerprint density at radius 3 is 2.71 bits per heavy atom. The zero-order chi connectivity index (χ0) is 12.5. The third-order valence-corrected chi connectivity index (χ3v) is 3.66. The first-order valence-electron chi connectivity index (χ1n) is 7.30. The summed E-state index contributed by atoms with van der Waals surface area (Å²) in [5.41, 5.74) is 0. The lowest BCUT2D eigenvalue weighted by molar-refractivity contribution is -0.0897. The van der Waals surface area contributed by atoms with Gasteiger partial charge >= 0.3 is 0 Å². The standard InChI is InChI=1S/C14H29NO2/c1-3-5-6-7-8-9-13(16)14-12-15(4-2)10-11-17-14/h13-14,16H,3-12H2,1-2H3. The minimum atomic E-state index is -0.272. The summed E-state index contributed by atoms with van der Waals surface area (Å²) in [5, 5.41) is 10.1. The van der Waals surface area contributed by atoms with Crippen molar-refractivity contribution in [1.82, 2.24) is 4.90 Å². The number of morpholine rings is 1. The van der Waals surface area contributed by atoms with E-state index in [0.717, 1.165) is 39.1 Å². The van der Waals surface area contributed by atoms with Gasteiger partial charge in [0.15, 0.2) is 0 Å². The minimum absolute atomic E-state index is 0.0369. The van der Waals surface area contributed by atoms with Crippen LogP contribution < -0.4 is 0 Å². The maximum absolute atomic E-state index is 10.1. The van der Waals surface area contributed by atoms with Gasteiger partial charge in [-0.1, -0.05) is 46.0 Å². The van der Waals surface area contributed by atoms with Crippen molar-refractivity contribution in [1.29, 1.82) is 0 Å². The van der Waals surface area contributed by atoms with Crippen LogP contribution in [0.1, 0.15) is 52.4 Å². The number of aliphatic hydroxyl groups excluding tert-OH is 1. The lowest BCUT2D eigenvalue weighted by Crippen LogP contribution is -2.47. The quantitative estimate of drug-likeness (QED) is 0.665. The van der Waals surface area contributed by atoms with Gasteiger partial charge < -0.3 is 9.84 Å². The molecule has 0 bridgehead atoms. The Morgan fingerprint density at radius 2 is 2.00 bits per heavy atom. The van der Waals surface area contributed by atoms with Gasteiger partial charge in [-0.2, -0.15) is 0 Å². The van der Waals surface area contributed by atoms with Crippen LogP contribution in [-0.2, 0) is 4.74 Å². The fraction of sp³-hybridized carbons (Fsp3) is 1.00. The fourth-order valence-electron chi connectivity index (χ4n) is 2.39. The molecule has 1 heterocycles. The molecule has 1 N–H and O–H groups in total. The molecule has 17 heavy (non-hydrogen) atoms. The number of aliphatic hydroxyl groups is 1. The summed E-state index contributed by atoms with van der Waals surface area (Å²) < 4.78 is 5.66. The van der Waals surface area contributed by atoms with Crippen molar-refractivity contribution in [3.05, 3.63) is 0 Å². The first-order chi connectivity index (χ1) is 8.27. The minimum Gasteiger partial charge on any atom is -0.390 e. The molecule has 0 aliphatic carbocycles. The predicted molar refractivity (Wildman–Crippen MR) is 71.2 cm³/mol. The number of ether oxygens (including phenoxy) is 1. The predicted octanol–water partition coefficient (Wildman–Crippen LogP) is 2.43. The number of likely N-dealkylation sites (N-methyl/N-ethyl adjacent to an activating group) is 1. The fourth-order valence-corrected chi connectivity index (χ4v) is 2.39. The molecule has 0 aromatic carbocycles. The summed E-state index contributed by atoms with van der Waals surface area (Å²) >= 11 is 0. The second-order valence-electron chi connectivity index (χ2n) is 5.07. The zero-order valence-electron chi connectivity index (χ0n) is 11.5. The number of hydrogen-bond donors (Lipinski definition) is 1. The Hall–Kier alpha value is -0.120. The highest BCUT2D eigenvalue weighted by Crippen LogP contribution is 2.14. The lowest BCUT2D eigenvalue weighted by atomic mass is 10.0. The van der Waals surface area contributed by atoms with Crippen LogP contribution in [0.5, 0.6) is 0 Å².